The molecule has 0 aromatic carbocycles. The van der Waals surface area contributed by atoms with Crippen molar-refractivity contribution in [2.45, 2.75) is 119 Å². The number of nitrogens with one attached hydrogen (secondary N) is 1. The number of Topliss-reactive ketones (excluding diaryl/α,β-unsaturated/α-hetero) is 1. The molecule has 39 heavy (non-hydrogen) atoms. The predicted octanol–water partition coefficient (Wildman–Crippen LogP) is 7.01. The minimum Gasteiger partial charge on any atom is -0.393 e. The Labute approximate surface area is 231 Å². The summed E-state index contributed by atoms with van der Waals surface area (Å²) in [6.45, 7) is 14.3. The molecule has 0 heterocycles. The van der Waals surface area contributed by atoms with Gasteiger partial charge in [0.1, 0.15) is 6.54 Å². The van der Waals surface area contributed by atoms with Gasteiger partial charge in [0.05, 0.1) is 11.5 Å². The van der Waals surface area contributed by atoms with Gasteiger partial charge in [-0.05, 0) is 108 Å². The molecule has 2 N–H and O–H groups in total. The molecule has 1 amide bonds. The van der Waals surface area contributed by atoms with Crippen molar-refractivity contribution in [2.75, 3.05) is 6.54 Å². The van der Waals surface area contributed by atoms with E-state index < -0.39 is 24.0 Å². The zero-order chi connectivity index (χ0) is 29.0. The van der Waals surface area contributed by atoms with Crippen molar-refractivity contribution >= 4 is 11.7 Å². The fraction of sp³-hybridized carbons (Fsp3) is 0.875. The number of aliphatic hydroxyl groups excluding tert-OH is 1. The van der Waals surface area contributed by atoms with Gasteiger partial charge >= 0.3 is 6.18 Å². The van der Waals surface area contributed by atoms with Gasteiger partial charge in [-0.2, -0.15) is 13.2 Å². The van der Waals surface area contributed by atoms with Crippen LogP contribution in [0.3, 0.4) is 0 Å². The summed E-state index contributed by atoms with van der Waals surface area (Å²) in [5.74, 6) is 0.149. The molecule has 4 saturated carbocycles. The van der Waals surface area contributed by atoms with Crippen LogP contribution in [0.5, 0.6) is 0 Å². The molecular weight excluding hydrogens is 503 g/mol. The van der Waals surface area contributed by atoms with Gasteiger partial charge in [-0.1, -0.05) is 48.5 Å². The molecule has 4 fully saturated rings. The number of amides is 1. The Hall–Kier alpha value is -1.37. The second-order valence-corrected chi connectivity index (χ2v) is 15.5. The lowest BCUT2D eigenvalue weighted by molar-refractivity contribution is -0.228. The Morgan fingerprint density at radius 2 is 1.62 bits per heavy atom. The average Bonchev–Trinajstić information content (AvgIpc) is 3.13. The van der Waals surface area contributed by atoms with Crippen molar-refractivity contribution in [3.63, 3.8) is 0 Å². The van der Waals surface area contributed by atoms with Gasteiger partial charge in [0.15, 0.2) is 5.78 Å². The van der Waals surface area contributed by atoms with Crippen LogP contribution in [0.4, 0.5) is 13.2 Å². The molecule has 0 aromatic rings. The van der Waals surface area contributed by atoms with Crippen molar-refractivity contribution in [3.8, 4) is 0 Å². The van der Waals surface area contributed by atoms with E-state index in [1.165, 1.54) is 0 Å². The third-order valence-electron chi connectivity index (χ3n) is 13.3. The number of aliphatic hydroxyl groups is 1. The molecule has 0 aliphatic heterocycles. The predicted molar refractivity (Wildman–Crippen MR) is 145 cm³/mol. The standard InChI is InChI=1S/C32H48F3NO3/c1-18(2)24-20(37)16-31(26(39)36-17-32(33,34)35)15-14-29(6)19(25(24)31)8-9-22-28(5)12-11-23(38)27(3,4)21(28)10-13-30(22,29)7/h18-19,21-23,38H,8-17H2,1-7H3,(H,36,39)/t19-,21+,22-,23+,28+,29-,30-,31-/m1/s1. The van der Waals surface area contributed by atoms with E-state index in [4.69, 9.17) is 0 Å². The molecule has 7 heteroatoms. The van der Waals surface area contributed by atoms with E-state index in [0.29, 0.717) is 23.8 Å². The molecule has 0 bridgehead atoms. The van der Waals surface area contributed by atoms with Crippen LogP contribution < -0.4 is 5.32 Å². The van der Waals surface area contributed by atoms with Crippen LogP contribution in [-0.2, 0) is 9.59 Å². The van der Waals surface area contributed by atoms with Gasteiger partial charge < -0.3 is 10.4 Å². The summed E-state index contributed by atoms with van der Waals surface area (Å²) in [4.78, 5) is 27.1. The lowest BCUT2D eigenvalue weighted by atomic mass is 9.33. The molecule has 0 unspecified atom stereocenters. The van der Waals surface area contributed by atoms with E-state index in [-0.39, 0.29) is 51.8 Å². The van der Waals surface area contributed by atoms with Gasteiger partial charge in [0.25, 0.3) is 0 Å². The quantitative estimate of drug-likeness (QED) is 0.397. The van der Waals surface area contributed by atoms with E-state index in [1.54, 1.807) is 0 Å². The van der Waals surface area contributed by atoms with Crippen molar-refractivity contribution < 1.29 is 27.9 Å². The number of rotatable bonds is 3. The fourth-order valence-electron chi connectivity index (χ4n) is 11.2. The van der Waals surface area contributed by atoms with Gasteiger partial charge in [-0.3, -0.25) is 9.59 Å². The van der Waals surface area contributed by atoms with Gasteiger partial charge in [-0.25, -0.2) is 0 Å². The van der Waals surface area contributed by atoms with E-state index in [1.807, 2.05) is 13.8 Å². The third-order valence-corrected chi connectivity index (χ3v) is 13.3. The number of carbonyl (C=O) groups excluding carboxylic acids is 2. The average molecular weight is 552 g/mol. The smallest absolute Gasteiger partial charge is 0.393 e. The summed E-state index contributed by atoms with van der Waals surface area (Å²) < 4.78 is 39.3. The Balaban J connectivity index is 1.57. The lowest BCUT2D eigenvalue weighted by Gasteiger charge is -2.72. The van der Waals surface area contributed by atoms with Crippen molar-refractivity contribution in [1.29, 1.82) is 0 Å². The molecule has 5 aliphatic rings. The Morgan fingerprint density at radius 1 is 0.949 bits per heavy atom. The first-order valence-electron chi connectivity index (χ1n) is 15.2. The van der Waals surface area contributed by atoms with Crippen LogP contribution in [0.2, 0.25) is 0 Å². The Kier molecular flexibility index (Phi) is 6.59. The van der Waals surface area contributed by atoms with Crippen LogP contribution in [0.15, 0.2) is 11.1 Å². The molecule has 0 spiro atoms. The first kappa shape index (κ1) is 29.1. The molecule has 220 valence electrons. The highest BCUT2D eigenvalue weighted by Crippen LogP contribution is 2.76. The highest BCUT2D eigenvalue weighted by molar-refractivity contribution is 6.06. The maximum absolute atomic E-state index is 13.6. The van der Waals surface area contributed by atoms with Crippen molar-refractivity contribution in [2.24, 2.45) is 50.7 Å². The van der Waals surface area contributed by atoms with E-state index in [0.717, 1.165) is 50.5 Å². The second-order valence-electron chi connectivity index (χ2n) is 15.5. The number of carbonyl (C=O) groups is 2. The molecule has 0 aromatic heterocycles. The Bertz CT molecular complexity index is 1090. The molecule has 8 atom stereocenters. The van der Waals surface area contributed by atoms with Crippen LogP contribution >= 0.6 is 0 Å². The first-order valence-corrected chi connectivity index (χ1v) is 15.2. The lowest BCUT2D eigenvalue weighted by Crippen LogP contribution is -2.66. The highest BCUT2D eigenvalue weighted by atomic mass is 19.4. The first-order chi connectivity index (χ1) is 17.9. The molecule has 5 rings (SSSR count). The zero-order valence-electron chi connectivity index (χ0n) is 24.9. The highest BCUT2D eigenvalue weighted by Gasteiger charge is 2.70. The van der Waals surface area contributed by atoms with E-state index >= 15 is 0 Å². The third kappa shape index (κ3) is 3.86. The zero-order valence-corrected chi connectivity index (χ0v) is 24.9. The summed E-state index contributed by atoms with van der Waals surface area (Å²) in [5, 5.41) is 13.1. The largest absolute Gasteiger partial charge is 0.405 e. The van der Waals surface area contributed by atoms with Crippen LogP contribution in [-0.4, -0.2) is 35.6 Å². The van der Waals surface area contributed by atoms with E-state index in [9.17, 15) is 27.9 Å². The maximum Gasteiger partial charge on any atom is 0.405 e. The Morgan fingerprint density at radius 3 is 2.23 bits per heavy atom. The van der Waals surface area contributed by atoms with Crippen LogP contribution in [0.25, 0.3) is 0 Å². The van der Waals surface area contributed by atoms with Crippen molar-refractivity contribution in [3.05, 3.63) is 11.1 Å². The molecule has 0 radical (unpaired) electrons. The number of alkyl halides is 3. The fourth-order valence-corrected chi connectivity index (χ4v) is 11.2. The van der Waals surface area contributed by atoms with Crippen LogP contribution in [0.1, 0.15) is 106 Å². The molecule has 4 nitrogen and oxygen atoms in total. The summed E-state index contributed by atoms with van der Waals surface area (Å²) in [6, 6.07) is 0. The van der Waals surface area contributed by atoms with Crippen molar-refractivity contribution in [1.82, 2.24) is 5.32 Å². The number of ketones is 1. The number of hydrogen-bond donors (Lipinski definition) is 2. The molecule has 5 aliphatic carbocycles. The monoisotopic (exact) mass is 551 g/mol. The summed E-state index contributed by atoms with van der Waals surface area (Å²) >= 11 is 0. The summed E-state index contributed by atoms with van der Waals surface area (Å²) in [5.41, 5.74) is 0.207. The minimum absolute atomic E-state index is 0.00186. The topological polar surface area (TPSA) is 66.4 Å². The summed E-state index contributed by atoms with van der Waals surface area (Å²) in [7, 11) is 0. The van der Waals surface area contributed by atoms with E-state index in [2.05, 4.69) is 39.9 Å². The molecular formula is C32H48F3NO3. The molecule has 0 saturated heterocycles. The number of allylic oxidation sites excluding steroid dienone is 1. The second kappa shape index (κ2) is 8.82. The van der Waals surface area contributed by atoms with Gasteiger partial charge in [0.2, 0.25) is 5.91 Å². The van der Waals surface area contributed by atoms with Gasteiger partial charge in [-0.15, -0.1) is 0 Å². The normalized spacial score (nSPS) is 45.4. The minimum atomic E-state index is -4.50. The SMILES string of the molecule is CC(C)C1=C2[C@H]3CC[C@@H]4[C@@]5(C)CC[C@H](O)C(C)(C)[C@@H]5CC[C@@]4(C)[C@]3(C)CC[C@@]2(C(=O)NCC(F)(F)F)CC1=O. The maximum atomic E-state index is 13.6. The van der Waals surface area contributed by atoms with Crippen LogP contribution in [0, 0.1) is 50.7 Å². The number of halogens is 3. The number of fused-ring (bicyclic) bond motifs is 7. The van der Waals surface area contributed by atoms with Gasteiger partial charge in [0, 0.05) is 6.42 Å². The summed E-state index contributed by atoms with van der Waals surface area (Å²) in [6.07, 6.45) is 2.11. The number of hydrogen-bond acceptors (Lipinski definition) is 3.